The number of nitrogens with zero attached hydrogens (tertiary/aromatic N) is 4. The van der Waals surface area contributed by atoms with Crippen molar-refractivity contribution in [1.82, 2.24) is 24.9 Å². The maximum atomic E-state index is 12.0. The number of carboxylic acids is 1. The van der Waals surface area contributed by atoms with Crippen LogP contribution in [0.25, 0.3) is 0 Å². The Hall–Kier alpha value is -2.21. The molecule has 1 saturated heterocycles. The SMILES string of the molecule is O=CCNC(=O)CN1CCN(CC=O)CCN(CC(=O)O)CCN(CC=O)CC1. The molecule has 0 aromatic rings. The van der Waals surface area contributed by atoms with Crippen LogP contribution in [0.15, 0.2) is 0 Å². The third-order valence-corrected chi connectivity index (χ3v) is 4.70. The van der Waals surface area contributed by atoms with Crippen LogP contribution in [-0.2, 0) is 24.0 Å². The zero-order valence-electron chi connectivity index (χ0n) is 16.7. The first-order valence-electron chi connectivity index (χ1n) is 9.67. The lowest BCUT2D eigenvalue weighted by atomic mass is 10.3. The van der Waals surface area contributed by atoms with Gasteiger partial charge in [0, 0.05) is 52.4 Å². The van der Waals surface area contributed by atoms with Crippen LogP contribution in [0.5, 0.6) is 0 Å². The molecule has 1 aliphatic rings. The van der Waals surface area contributed by atoms with E-state index in [1.54, 1.807) is 4.90 Å². The Labute approximate surface area is 170 Å². The normalized spacial score (nSPS) is 18.9. The van der Waals surface area contributed by atoms with Gasteiger partial charge in [-0.05, 0) is 0 Å². The molecule has 1 heterocycles. The summed E-state index contributed by atoms with van der Waals surface area (Å²) < 4.78 is 0. The molecule has 1 fully saturated rings. The average Bonchev–Trinajstić information content (AvgIpc) is 2.68. The fraction of sp³-hybridized carbons (Fsp3) is 0.722. The van der Waals surface area contributed by atoms with Gasteiger partial charge in [0.1, 0.15) is 18.9 Å². The molecule has 29 heavy (non-hydrogen) atoms. The van der Waals surface area contributed by atoms with E-state index < -0.39 is 5.97 Å². The lowest BCUT2D eigenvalue weighted by Gasteiger charge is -2.32. The topological polar surface area (TPSA) is 131 Å². The van der Waals surface area contributed by atoms with Gasteiger partial charge in [0.2, 0.25) is 5.91 Å². The number of amides is 1. The van der Waals surface area contributed by atoms with Crippen molar-refractivity contribution in [2.75, 3.05) is 85.1 Å². The van der Waals surface area contributed by atoms with Crippen LogP contribution in [0.2, 0.25) is 0 Å². The molecule has 0 radical (unpaired) electrons. The highest BCUT2D eigenvalue weighted by Gasteiger charge is 2.18. The van der Waals surface area contributed by atoms with Crippen LogP contribution < -0.4 is 5.32 Å². The number of aliphatic carboxylic acids is 1. The van der Waals surface area contributed by atoms with Gasteiger partial charge in [0.25, 0.3) is 0 Å². The van der Waals surface area contributed by atoms with Gasteiger partial charge in [0.15, 0.2) is 0 Å². The quantitative estimate of drug-likeness (QED) is 0.357. The van der Waals surface area contributed by atoms with E-state index in [1.807, 2.05) is 14.7 Å². The summed E-state index contributed by atoms with van der Waals surface area (Å²) in [5, 5.41) is 11.6. The highest BCUT2D eigenvalue weighted by Crippen LogP contribution is 2.00. The lowest BCUT2D eigenvalue weighted by molar-refractivity contribution is -0.138. The van der Waals surface area contributed by atoms with Crippen molar-refractivity contribution < 1.29 is 29.1 Å². The van der Waals surface area contributed by atoms with Crippen molar-refractivity contribution in [2.45, 2.75) is 0 Å². The minimum absolute atomic E-state index is 0.0411. The third kappa shape index (κ3) is 11.4. The molecule has 0 unspecified atom stereocenters. The molecule has 164 valence electrons. The van der Waals surface area contributed by atoms with Gasteiger partial charge in [-0.2, -0.15) is 0 Å². The fourth-order valence-electron chi connectivity index (χ4n) is 3.08. The fourth-order valence-corrected chi connectivity index (χ4v) is 3.08. The van der Waals surface area contributed by atoms with Gasteiger partial charge in [-0.25, -0.2) is 0 Å². The highest BCUT2D eigenvalue weighted by atomic mass is 16.4. The molecule has 11 heteroatoms. The minimum Gasteiger partial charge on any atom is -0.480 e. The molecule has 0 bridgehead atoms. The van der Waals surface area contributed by atoms with Crippen molar-refractivity contribution in [2.24, 2.45) is 0 Å². The number of hydrogen-bond acceptors (Lipinski definition) is 9. The second-order valence-electron chi connectivity index (χ2n) is 6.85. The minimum atomic E-state index is -0.923. The molecular formula is C18H31N5O6. The number of carbonyl (C=O) groups is 5. The Morgan fingerprint density at radius 1 is 0.690 bits per heavy atom. The van der Waals surface area contributed by atoms with Crippen LogP contribution in [0, 0.1) is 0 Å². The van der Waals surface area contributed by atoms with Gasteiger partial charge in [0.05, 0.1) is 32.7 Å². The molecule has 0 saturated carbocycles. The molecule has 11 nitrogen and oxygen atoms in total. The van der Waals surface area contributed by atoms with Gasteiger partial charge >= 0.3 is 5.97 Å². The Kier molecular flexibility index (Phi) is 12.6. The van der Waals surface area contributed by atoms with Crippen molar-refractivity contribution in [3.05, 3.63) is 0 Å². The molecule has 1 aliphatic heterocycles. The summed E-state index contributed by atoms with van der Waals surface area (Å²) in [4.78, 5) is 63.1. The molecule has 0 spiro atoms. The summed E-state index contributed by atoms with van der Waals surface area (Å²) in [6.45, 7) is 4.54. The first-order valence-corrected chi connectivity index (χ1v) is 9.67. The number of aldehydes is 3. The predicted octanol–water partition coefficient (Wildman–Crippen LogP) is -2.99. The standard InChI is InChI=1S/C18H31N5O6/c24-12-1-19-17(27)15-22-6-2-20(10-13-25)4-8-23(16-18(28)29)9-5-21(3-7-22)11-14-26/h12-14H,1-11,15-16H2,(H,19,27)(H,28,29). The molecular weight excluding hydrogens is 382 g/mol. The highest BCUT2D eigenvalue weighted by molar-refractivity contribution is 5.80. The van der Waals surface area contributed by atoms with E-state index in [9.17, 15) is 24.0 Å². The zero-order valence-corrected chi connectivity index (χ0v) is 16.7. The first-order chi connectivity index (χ1) is 14.0. The van der Waals surface area contributed by atoms with Crippen LogP contribution in [0.1, 0.15) is 0 Å². The zero-order chi connectivity index (χ0) is 21.5. The van der Waals surface area contributed by atoms with Crippen molar-refractivity contribution >= 4 is 30.7 Å². The Morgan fingerprint density at radius 2 is 1.10 bits per heavy atom. The number of rotatable bonds is 10. The molecule has 1 amide bonds. The summed E-state index contributed by atoms with van der Waals surface area (Å²) >= 11 is 0. The largest absolute Gasteiger partial charge is 0.480 e. The maximum absolute atomic E-state index is 12.0. The number of nitrogens with one attached hydrogen (secondary N) is 1. The number of carbonyl (C=O) groups excluding carboxylic acids is 4. The average molecular weight is 413 g/mol. The van der Waals surface area contributed by atoms with E-state index in [0.29, 0.717) is 58.6 Å². The van der Waals surface area contributed by atoms with E-state index in [4.69, 9.17) is 5.11 Å². The molecule has 0 atom stereocenters. The number of carboxylic acid groups (broad SMARTS) is 1. The smallest absolute Gasteiger partial charge is 0.317 e. The summed E-state index contributed by atoms with van der Waals surface area (Å²) in [6, 6.07) is 0. The van der Waals surface area contributed by atoms with E-state index >= 15 is 0 Å². The lowest BCUT2D eigenvalue weighted by Crippen LogP contribution is -2.49. The Morgan fingerprint density at radius 3 is 1.48 bits per heavy atom. The summed E-state index contributed by atoms with van der Waals surface area (Å²) in [5.41, 5.74) is 0. The second kappa shape index (κ2) is 14.7. The van der Waals surface area contributed by atoms with Crippen LogP contribution in [0.4, 0.5) is 0 Å². The second-order valence-corrected chi connectivity index (χ2v) is 6.85. The van der Waals surface area contributed by atoms with Gasteiger partial charge in [-0.1, -0.05) is 0 Å². The first kappa shape index (κ1) is 24.8. The van der Waals surface area contributed by atoms with Crippen molar-refractivity contribution in [3.8, 4) is 0 Å². The van der Waals surface area contributed by atoms with Gasteiger partial charge in [-0.15, -0.1) is 0 Å². The third-order valence-electron chi connectivity index (χ3n) is 4.70. The van der Waals surface area contributed by atoms with Gasteiger partial charge < -0.3 is 24.8 Å². The molecule has 1 rings (SSSR count). The van der Waals surface area contributed by atoms with Crippen molar-refractivity contribution in [1.29, 1.82) is 0 Å². The van der Waals surface area contributed by atoms with E-state index in [2.05, 4.69) is 5.32 Å². The molecule has 2 N–H and O–H groups in total. The van der Waals surface area contributed by atoms with Crippen LogP contribution in [-0.4, -0.2) is 141 Å². The Balaban J connectivity index is 2.83. The maximum Gasteiger partial charge on any atom is 0.317 e. The number of hydrogen-bond donors (Lipinski definition) is 2. The van der Waals surface area contributed by atoms with Crippen molar-refractivity contribution in [3.63, 3.8) is 0 Å². The summed E-state index contributed by atoms with van der Waals surface area (Å²) in [5.74, 6) is -1.19. The summed E-state index contributed by atoms with van der Waals surface area (Å²) in [6.07, 6.45) is 2.23. The van der Waals surface area contributed by atoms with Gasteiger partial charge in [-0.3, -0.25) is 29.2 Å². The van der Waals surface area contributed by atoms with Crippen LogP contribution >= 0.6 is 0 Å². The summed E-state index contributed by atoms with van der Waals surface area (Å²) in [7, 11) is 0. The monoisotopic (exact) mass is 413 g/mol. The molecule has 0 aliphatic carbocycles. The molecule has 0 aromatic heterocycles. The molecule has 0 aromatic carbocycles. The van der Waals surface area contributed by atoms with E-state index in [-0.39, 0.29) is 38.6 Å². The van der Waals surface area contributed by atoms with Crippen LogP contribution in [0.3, 0.4) is 0 Å². The Bertz CT molecular complexity index is 521. The predicted molar refractivity (Wildman–Crippen MR) is 105 cm³/mol. The van der Waals surface area contributed by atoms with E-state index in [1.165, 1.54) is 0 Å². The van der Waals surface area contributed by atoms with E-state index in [0.717, 1.165) is 12.6 Å².